The molecule has 0 unspecified atom stereocenters. The van der Waals surface area contributed by atoms with E-state index in [1.165, 1.54) is 0 Å². The highest BCUT2D eigenvalue weighted by molar-refractivity contribution is 5.50. The van der Waals surface area contributed by atoms with Gasteiger partial charge >= 0.3 is 0 Å². The van der Waals surface area contributed by atoms with Crippen molar-refractivity contribution in [3.63, 3.8) is 0 Å². The van der Waals surface area contributed by atoms with Crippen LogP contribution in [-0.4, -0.2) is 32.7 Å². The van der Waals surface area contributed by atoms with Gasteiger partial charge < -0.3 is 14.3 Å². The Hall–Kier alpha value is -0.850. The molecule has 0 N–H and O–H groups in total. The molecule has 0 bridgehead atoms. The maximum Gasteiger partial charge on any atom is 0.145 e. The van der Waals surface area contributed by atoms with Crippen molar-refractivity contribution in [3.8, 4) is 12.3 Å². The summed E-state index contributed by atoms with van der Waals surface area (Å²) in [5.41, 5.74) is 0. The van der Waals surface area contributed by atoms with Crippen LogP contribution in [-0.2, 0) is 14.3 Å². The molecule has 0 aliphatic heterocycles. The highest BCUT2D eigenvalue weighted by atomic mass is 16.5. The van der Waals surface area contributed by atoms with Gasteiger partial charge in [0.25, 0.3) is 0 Å². The Morgan fingerprint density at radius 2 is 2.00 bits per heavy atom. The summed E-state index contributed by atoms with van der Waals surface area (Å²) in [6.07, 6.45) is 6.31. The maximum absolute atomic E-state index is 9.75. The lowest BCUT2D eigenvalue weighted by Gasteiger charge is -2.00. The SMILES string of the molecule is C#CCCOCCOCC=O. The normalized spacial score (nSPS) is 9.00. The predicted molar refractivity (Wildman–Crippen MR) is 41.2 cm³/mol. The van der Waals surface area contributed by atoms with Crippen LogP contribution in [0.5, 0.6) is 0 Å². The number of ether oxygens (including phenoxy) is 2. The minimum Gasteiger partial charge on any atom is -0.378 e. The Morgan fingerprint density at radius 1 is 1.27 bits per heavy atom. The Labute approximate surface area is 66.7 Å². The molecule has 0 aromatic rings. The lowest BCUT2D eigenvalue weighted by Crippen LogP contribution is -2.06. The summed E-state index contributed by atoms with van der Waals surface area (Å²) < 4.78 is 9.86. The molecule has 0 spiro atoms. The van der Waals surface area contributed by atoms with Gasteiger partial charge in [-0.1, -0.05) is 0 Å². The van der Waals surface area contributed by atoms with E-state index in [2.05, 4.69) is 5.92 Å². The first-order valence-electron chi connectivity index (χ1n) is 3.44. The minimum absolute atomic E-state index is 0.137. The summed E-state index contributed by atoms with van der Waals surface area (Å²) in [4.78, 5) is 9.75. The van der Waals surface area contributed by atoms with Crippen LogP contribution in [0.1, 0.15) is 6.42 Å². The predicted octanol–water partition coefficient (Wildman–Crippen LogP) is 0.242. The Balaban J connectivity index is 2.80. The van der Waals surface area contributed by atoms with Gasteiger partial charge in [0, 0.05) is 6.42 Å². The second kappa shape index (κ2) is 9.15. The molecule has 0 aromatic carbocycles. The molecule has 11 heavy (non-hydrogen) atoms. The first kappa shape index (κ1) is 10.2. The van der Waals surface area contributed by atoms with Crippen molar-refractivity contribution in [2.24, 2.45) is 0 Å². The second-order valence-electron chi connectivity index (χ2n) is 1.81. The number of aldehydes is 1. The third-order valence-electron chi connectivity index (χ3n) is 0.949. The first-order valence-corrected chi connectivity index (χ1v) is 3.44. The van der Waals surface area contributed by atoms with Crippen molar-refractivity contribution in [3.05, 3.63) is 0 Å². The molecule has 0 atom stereocenters. The zero-order chi connectivity index (χ0) is 8.36. The quantitative estimate of drug-likeness (QED) is 0.301. The van der Waals surface area contributed by atoms with E-state index in [1.807, 2.05) is 0 Å². The van der Waals surface area contributed by atoms with Crippen molar-refractivity contribution < 1.29 is 14.3 Å². The number of hydrogen-bond acceptors (Lipinski definition) is 3. The van der Waals surface area contributed by atoms with E-state index in [1.54, 1.807) is 0 Å². The fourth-order valence-electron chi connectivity index (χ4n) is 0.482. The van der Waals surface area contributed by atoms with E-state index in [-0.39, 0.29) is 6.61 Å². The van der Waals surface area contributed by atoms with Crippen molar-refractivity contribution in [1.29, 1.82) is 0 Å². The molecule has 0 saturated carbocycles. The Bertz CT molecular complexity index is 126. The third-order valence-corrected chi connectivity index (χ3v) is 0.949. The number of hydrogen-bond donors (Lipinski definition) is 0. The van der Waals surface area contributed by atoms with Gasteiger partial charge in [-0.3, -0.25) is 0 Å². The molecular formula is C8H12O3. The molecule has 3 heteroatoms. The summed E-state index contributed by atoms with van der Waals surface area (Å²) in [6, 6.07) is 0. The summed E-state index contributed by atoms with van der Waals surface area (Å²) in [7, 11) is 0. The molecule has 0 aromatic heterocycles. The van der Waals surface area contributed by atoms with Crippen molar-refractivity contribution in [2.45, 2.75) is 6.42 Å². The summed E-state index contributed by atoms with van der Waals surface area (Å²) in [6.45, 7) is 1.64. The van der Waals surface area contributed by atoms with E-state index in [4.69, 9.17) is 15.9 Å². The number of carbonyl (C=O) groups excluding carboxylic acids is 1. The molecular weight excluding hydrogens is 144 g/mol. The highest BCUT2D eigenvalue weighted by Crippen LogP contribution is 1.80. The molecule has 0 radical (unpaired) electrons. The summed E-state index contributed by atoms with van der Waals surface area (Å²) >= 11 is 0. The van der Waals surface area contributed by atoms with Crippen LogP contribution in [0.15, 0.2) is 0 Å². The van der Waals surface area contributed by atoms with Crippen LogP contribution in [0.3, 0.4) is 0 Å². The van der Waals surface area contributed by atoms with E-state index >= 15 is 0 Å². The van der Waals surface area contributed by atoms with E-state index in [0.717, 1.165) is 0 Å². The molecule has 62 valence electrons. The van der Waals surface area contributed by atoms with Gasteiger partial charge in [0.05, 0.1) is 19.8 Å². The highest BCUT2D eigenvalue weighted by Gasteiger charge is 1.86. The topological polar surface area (TPSA) is 35.5 Å². The number of rotatable bonds is 7. The summed E-state index contributed by atoms with van der Waals surface area (Å²) in [5.74, 6) is 2.45. The van der Waals surface area contributed by atoms with Crippen LogP contribution >= 0.6 is 0 Å². The van der Waals surface area contributed by atoms with Gasteiger partial charge in [-0.25, -0.2) is 0 Å². The summed E-state index contributed by atoms with van der Waals surface area (Å²) in [5, 5.41) is 0. The fraction of sp³-hybridized carbons (Fsp3) is 0.625. The van der Waals surface area contributed by atoms with Gasteiger partial charge in [0.1, 0.15) is 12.9 Å². The molecule has 3 nitrogen and oxygen atoms in total. The van der Waals surface area contributed by atoms with Crippen molar-refractivity contribution in [1.82, 2.24) is 0 Å². The molecule has 0 saturated heterocycles. The number of terminal acetylenes is 1. The second-order valence-corrected chi connectivity index (χ2v) is 1.81. The van der Waals surface area contributed by atoms with E-state index in [0.29, 0.717) is 32.5 Å². The molecule has 0 aliphatic carbocycles. The van der Waals surface area contributed by atoms with Gasteiger partial charge in [0.15, 0.2) is 0 Å². The van der Waals surface area contributed by atoms with Gasteiger partial charge in [-0.15, -0.1) is 12.3 Å². The van der Waals surface area contributed by atoms with E-state index < -0.39 is 0 Å². The Kier molecular flexibility index (Phi) is 8.44. The van der Waals surface area contributed by atoms with Crippen LogP contribution < -0.4 is 0 Å². The molecule has 0 amide bonds. The minimum atomic E-state index is 0.137. The monoisotopic (exact) mass is 156 g/mol. The fourth-order valence-corrected chi connectivity index (χ4v) is 0.482. The average Bonchev–Trinajstić information content (AvgIpc) is 2.03. The molecule has 0 aliphatic rings. The van der Waals surface area contributed by atoms with Crippen molar-refractivity contribution >= 4 is 6.29 Å². The van der Waals surface area contributed by atoms with Crippen LogP contribution in [0, 0.1) is 12.3 Å². The van der Waals surface area contributed by atoms with E-state index in [9.17, 15) is 4.79 Å². The van der Waals surface area contributed by atoms with Gasteiger partial charge in [-0.05, 0) is 0 Å². The lowest BCUT2D eigenvalue weighted by atomic mass is 10.5. The van der Waals surface area contributed by atoms with Crippen LogP contribution in [0.25, 0.3) is 0 Å². The first-order chi connectivity index (χ1) is 5.41. The third kappa shape index (κ3) is 9.15. The zero-order valence-electron chi connectivity index (χ0n) is 6.41. The van der Waals surface area contributed by atoms with Crippen LogP contribution in [0.4, 0.5) is 0 Å². The van der Waals surface area contributed by atoms with Gasteiger partial charge in [-0.2, -0.15) is 0 Å². The smallest absolute Gasteiger partial charge is 0.145 e. The number of carbonyl (C=O) groups is 1. The zero-order valence-corrected chi connectivity index (χ0v) is 6.41. The molecule has 0 fully saturated rings. The van der Waals surface area contributed by atoms with Crippen LogP contribution in [0.2, 0.25) is 0 Å². The molecule has 0 heterocycles. The average molecular weight is 156 g/mol. The maximum atomic E-state index is 9.75. The largest absolute Gasteiger partial charge is 0.378 e. The standard InChI is InChI=1S/C8H12O3/c1-2-3-5-10-7-8-11-6-4-9/h1,4H,3,5-8H2. The van der Waals surface area contributed by atoms with Gasteiger partial charge in [0.2, 0.25) is 0 Å². The van der Waals surface area contributed by atoms with Crippen molar-refractivity contribution in [2.75, 3.05) is 26.4 Å². The Morgan fingerprint density at radius 3 is 2.64 bits per heavy atom. The molecule has 0 rings (SSSR count). The lowest BCUT2D eigenvalue weighted by molar-refractivity contribution is -0.112.